The second-order valence-electron chi connectivity index (χ2n) is 34.7. The first-order valence-electron chi connectivity index (χ1n) is 36.7. The van der Waals surface area contributed by atoms with Gasteiger partial charge in [0, 0.05) is 0 Å². The van der Waals surface area contributed by atoms with Gasteiger partial charge in [-0.3, -0.25) is 0 Å². The predicted octanol–water partition coefficient (Wildman–Crippen LogP) is 28.1. The SMILES string of the molecule is CCC1=CC2=C(C=CC=CC2c2ccc(C(C)(C)C)c(Cl)c2)[C]12[SiH](C)[C]1(C(CC)=CC3=C1C=CC=CC3c1ccc(C(C)(C)C)c(Cl)c1)[Hf]21([Cl])([Cl])[C]2(C(CC)=CC3=C2C=CC=CC3c2ccc(C(C)(C)C)c(Cl)c2)[SiH](C)[C]12C(CC)=CC1=C2C=CC=CC1c1ccc(C(C)(C)C)c(Cl)c1. The molecule has 4 aromatic carbocycles. The second-order valence-corrected chi connectivity index (χ2v) is 90.7. The van der Waals surface area contributed by atoms with E-state index in [1.165, 1.54) is 89.1 Å². The van der Waals surface area contributed by atoms with E-state index in [-0.39, 0.29) is 45.3 Å². The summed E-state index contributed by atoms with van der Waals surface area (Å²) in [5.41, 5.74) is 25.0. The molecule has 2 saturated heterocycles. The van der Waals surface area contributed by atoms with E-state index in [0.29, 0.717) is 0 Å². The van der Waals surface area contributed by atoms with E-state index >= 15 is 0 Å². The van der Waals surface area contributed by atoms with E-state index < -0.39 is 43.4 Å². The van der Waals surface area contributed by atoms with Crippen molar-refractivity contribution in [1.82, 2.24) is 0 Å². The minimum absolute atomic E-state index is 0.143. The van der Waals surface area contributed by atoms with Gasteiger partial charge in [-0.2, -0.15) is 0 Å². The monoisotopic (exact) mass is 1630 g/mol. The van der Waals surface area contributed by atoms with Crippen LogP contribution in [0, 0.1) is 0 Å². The molecule has 0 saturated carbocycles. The van der Waals surface area contributed by atoms with Crippen molar-refractivity contribution in [3.8, 4) is 0 Å². The molecule has 0 aromatic heterocycles. The van der Waals surface area contributed by atoms with Crippen LogP contribution in [-0.4, -0.2) is 17.6 Å². The minimum atomic E-state index is -8.11. The van der Waals surface area contributed by atoms with Crippen molar-refractivity contribution in [2.45, 2.75) is 206 Å². The molecular formula is C90H100Cl6HfSi2. The van der Waals surface area contributed by atoms with Gasteiger partial charge in [0.05, 0.1) is 0 Å². The first-order valence-corrected chi connectivity index (χ1v) is 59.0. The fourth-order valence-electron chi connectivity index (χ4n) is 23.8. The van der Waals surface area contributed by atoms with Crippen molar-refractivity contribution in [3.05, 3.63) is 326 Å². The summed E-state index contributed by atoms with van der Waals surface area (Å²) >= 11 is 22.3. The Balaban J connectivity index is 1.21. The van der Waals surface area contributed by atoms with Gasteiger partial charge in [0.1, 0.15) is 0 Å². The quantitative estimate of drug-likeness (QED) is 0.154. The maximum absolute atomic E-state index is 11.8. The number of rotatable bonds is 8. The van der Waals surface area contributed by atoms with Crippen LogP contribution in [0.15, 0.2) is 261 Å². The molecule has 8 unspecified atom stereocenters. The molecule has 5 spiro atoms. The molecule has 99 heavy (non-hydrogen) atoms. The molecule has 0 nitrogen and oxygen atoms in total. The van der Waals surface area contributed by atoms with Crippen molar-refractivity contribution >= 4 is 81.2 Å². The van der Waals surface area contributed by atoms with Crippen LogP contribution < -0.4 is 0 Å². The Morgan fingerprint density at radius 2 is 0.535 bits per heavy atom. The molecule has 14 rings (SSSR count). The number of fused-ring (bicyclic) bond motifs is 8. The van der Waals surface area contributed by atoms with Crippen molar-refractivity contribution in [3.63, 3.8) is 0 Å². The van der Waals surface area contributed by atoms with Gasteiger partial charge in [-0.1, -0.05) is 0 Å². The Bertz CT molecular complexity index is 4190. The summed E-state index contributed by atoms with van der Waals surface area (Å²) in [7, 11) is 18.2. The Morgan fingerprint density at radius 1 is 0.333 bits per heavy atom. The van der Waals surface area contributed by atoms with Gasteiger partial charge < -0.3 is 0 Å². The number of allylic oxidation sites excluding steroid dienone is 32. The van der Waals surface area contributed by atoms with E-state index in [2.05, 4.69) is 318 Å². The zero-order chi connectivity index (χ0) is 71.2. The summed E-state index contributed by atoms with van der Waals surface area (Å²) in [5.74, 6) is -0.570. The second kappa shape index (κ2) is 23.6. The summed E-state index contributed by atoms with van der Waals surface area (Å²) < 4.78 is -3.15. The zero-order valence-electron chi connectivity index (χ0n) is 61.5. The van der Waals surface area contributed by atoms with Crippen LogP contribution in [0.3, 0.4) is 0 Å². The molecular weight excluding hydrogens is 1530 g/mol. The van der Waals surface area contributed by atoms with E-state index in [0.717, 1.165) is 68.0 Å². The average Bonchev–Trinajstić information content (AvgIpc) is 1.50. The van der Waals surface area contributed by atoms with Gasteiger partial charge >= 0.3 is 628 Å². The van der Waals surface area contributed by atoms with Crippen LogP contribution in [0.5, 0.6) is 0 Å². The molecule has 2 aliphatic heterocycles. The predicted molar refractivity (Wildman–Crippen MR) is 435 cm³/mol. The fourth-order valence-corrected chi connectivity index (χ4v) is 196. The first kappa shape index (κ1) is 71.7. The number of hydrogen-bond acceptors (Lipinski definition) is 0. The maximum atomic E-state index is 11.8. The van der Waals surface area contributed by atoms with Crippen LogP contribution in [0.2, 0.25) is 44.4 Å². The number of hydrogen-bond donors (Lipinski definition) is 0. The standard InChI is InChI=1S/2C45H50Cl2Si.2ClH.Hf/c2*1-10-28-24-36-32(30-20-22-38(40(46)26-30)44(3,4)5)16-12-14-18-34(36)42(28)48(9)43-29(11-2)25-37-33(17-13-15-19-35(37)43)31-21-23-39(41(47)27-31)45(6,7)8;;;/h2*12-27,32-33,48H,10-11H2,1-9H3;2*1H;/q;;;;+2/p-2. The number of halogens is 6. The third-order valence-corrected chi connectivity index (χ3v) is 144. The Hall–Kier alpha value is -4.24. The Labute approximate surface area is 621 Å². The van der Waals surface area contributed by atoms with Crippen molar-refractivity contribution in [2.75, 3.05) is 0 Å². The van der Waals surface area contributed by atoms with E-state index in [1.54, 1.807) is 0 Å². The first-order chi connectivity index (χ1) is 46.6. The third kappa shape index (κ3) is 8.56. The summed E-state index contributed by atoms with van der Waals surface area (Å²) in [5, 5.41) is 3.18. The van der Waals surface area contributed by atoms with Gasteiger partial charge in [0.25, 0.3) is 0 Å². The normalized spacial score (nSPS) is 31.1. The molecule has 8 atom stereocenters. The molecule has 9 heteroatoms. The van der Waals surface area contributed by atoms with E-state index in [9.17, 15) is 17.2 Å². The molecule has 2 heterocycles. The van der Waals surface area contributed by atoms with Crippen LogP contribution in [0.25, 0.3) is 0 Å². The molecule has 0 radical (unpaired) electrons. The molecule has 0 bridgehead atoms. The van der Waals surface area contributed by atoms with E-state index in [1.807, 2.05) is 0 Å². The van der Waals surface area contributed by atoms with Gasteiger partial charge in [0.2, 0.25) is 0 Å². The summed E-state index contributed by atoms with van der Waals surface area (Å²) in [6.45, 7) is 42.4. The molecule has 4 aromatic rings. The van der Waals surface area contributed by atoms with Crippen LogP contribution >= 0.6 is 63.6 Å². The van der Waals surface area contributed by atoms with Crippen molar-refractivity contribution in [1.29, 1.82) is 0 Å². The molecule has 0 N–H and O–H groups in total. The number of benzene rings is 4. The van der Waals surface area contributed by atoms with Crippen LogP contribution in [0.4, 0.5) is 0 Å². The van der Waals surface area contributed by atoms with Crippen LogP contribution in [-0.2, 0) is 36.3 Å². The van der Waals surface area contributed by atoms with Crippen LogP contribution in [0.1, 0.15) is 205 Å². The third-order valence-electron chi connectivity index (χ3n) is 26.7. The fraction of sp³-hybridized carbons (Fsp3) is 0.378. The summed E-state index contributed by atoms with van der Waals surface area (Å²) in [6.07, 6.45) is 52.7. The van der Waals surface area contributed by atoms with Crippen molar-refractivity contribution in [2.24, 2.45) is 0 Å². The average molecular weight is 1630 g/mol. The molecule has 10 aliphatic rings. The van der Waals surface area contributed by atoms with Gasteiger partial charge in [0.15, 0.2) is 0 Å². The van der Waals surface area contributed by atoms with Gasteiger partial charge in [-0.15, -0.1) is 0 Å². The van der Waals surface area contributed by atoms with Crippen molar-refractivity contribution < 1.29 is 14.7 Å². The Kier molecular flexibility index (Phi) is 17.1. The Morgan fingerprint density at radius 3 is 0.707 bits per heavy atom. The molecule has 8 aliphatic carbocycles. The zero-order valence-corrected chi connectivity index (χ0v) is 72.0. The molecule has 0 amide bonds. The topological polar surface area (TPSA) is 0 Å². The summed E-state index contributed by atoms with van der Waals surface area (Å²) in [4.78, 5) is 0. The van der Waals surface area contributed by atoms with Gasteiger partial charge in [-0.05, 0) is 0 Å². The summed E-state index contributed by atoms with van der Waals surface area (Å²) in [6, 6.07) is 27.7. The molecule has 514 valence electrons. The molecule has 2 fully saturated rings. The van der Waals surface area contributed by atoms with E-state index in [4.69, 9.17) is 46.4 Å². The van der Waals surface area contributed by atoms with Gasteiger partial charge in [-0.25, -0.2) is 0 Å².